The number of benzene rings is 1. The Morgan fingerprint density at radius 1 is 1.29 bits per heavy atom. The van der Waals surface area contributed by atoms with E-state index in [0.717, 1.165) is 12.7 Å². The van der Waals surface area contributed by atoms with Gasteiger partial charge in [0.1, 0.15) is 0 Å². The fourth-order valence-electron chi connectivity index (χ4n) is 1.33. The first-order valence-corrected chi connectivity index (χ1v) is 6.67. The van der Waals surface area contributed by atoms with Crippen LogP contribution in [0.3, 0.4) is 0 Å². The van der Waals surface area contributed by atoms with Gasteiger partial charge in [-0.3, -0.25) is 4.57 Å². The Morgan fingerprint density at radius 3 is 2.24 bits per heavy atom. The quantitative estimate of drug-likeness (QED) is 0.756. The van der Waals surface area contributed by atoms with Crippen molar-refractivity contribution < 1.29 is 22.4 Å². The average molecular weight is 264 g/mol. The Bertz CT molecular complexity index is 417. The highest BCUT2D eigenvalue weighted by atomic mass is 31.2. The van der Waals surface area contributed by atoms with Gasteiger partial charge in [0.2, 0.25) is 0 Å². The van der Waals surface area contributed by atoms with Crippen molar-refractivity contribution in [1.29, 1.82) is 0 Å². The molecule has 1 aromatic rings. The molecule has 0 bridgehead atoms. The zero-order chi connectivity index (χ0) is 13.1. The number of hydrogen-bond donors (Lipinski definition) is 0. The lowest BCUT2D eigenvalue weighted by Crippen LogP contribution is -2.17. The molecule has 0 spiro atoms. The molecule has 0 N–H and O–H groups in total. The van der Waals surface area contributed by atoms with Gasteiger partial charge in [0.15, 0.2) is 0 Å². The third-order valence-corrected chi connectivity index (χ3v) is 4.31. The number of aryl methyl sites for hydroxylation is 1. The van der Waals surface area contributed by atoms with E-state index in [-0.39, 0.29) is 12.2 Å². The van der Waals surface area contributed by atoms with Crippen LogP contribution in [0.2, 0.25) is 0 Å². The summed E-state index contributed by atoms with van der Waals surface area (Å²) < 4.78 is 48.9. The van der Waals surface area contributed by atoms with Crippen LogP contribution in [-0.4, -0.2) is 13.7 Å². The Balaban J connectivity index is 3.16. The predicted molar refractivity (Wildman–Crippen MR) is 61.3 cm³/mol. The zero-order valence-corrected chi connectivity index (χ0v) is 10.8. The van der Waals surface area contributed by atoms with E-state index < -0.39 is 13.3 Å². The molecule has 0 fully saturated rings. The maximum absolute atomic E-state index is 14.0. The van der Waals surface area contributed by atoms with Crippen LogP contribution in [0.1, 0.15) is 18.1 Å². The number of hydrogen-bond acceptors (Lipinski definition) is 3. The highest BCUT2D eigenvalue weighted by Gasteiger charge is 2.54. The monoisotopic (exact) mass is 264 g/mol. The van der Waals surface area contributed by atoms with E-state index in [2.05, 4.69) is 9.05 Å². The molecule has 6 heteroatoms. The van der Waals surface area contributed by atoms with Crippen molar-refractivity contribution in [2.24, 2.45) is 0 Å². The molecule has 1 aromatic carbocycles. The molecular formula is C11H15F2O3P. The van der Waals surface area contributed by atoms with E-state index in [4.69, 9.17) is 0 Å². The number of rotatable bonds is 5. The molecule has 0 aliphatic carbocycles. The number of alkyl halides is 2. The summed E-state index contributed by atoms with van der Waals surface area (Å²) in [5.41, 5.74) is -3.18. The SMILES string of the molecule is CCOP(=O)(OC)C(F)(F)c1ccc(C)cc1. The lowest BCUT2D eigenvalue weighted by molar-refractivity contribution is 0.0407. The summed E-state index contributed by atoms with van der Waals surface area (Å²) in [6.45, 7) is 3.16. The van der Waals surface area contributed by atoms with Gasteiger partial charge in [-0.25, -0.2) is 0 Å². The van der Waals surface area contributed by atoms with Gasteiger partial charge in [0, 0.05) is 12.7 Å². The Labute approximate surface area is 99.3 Å². The Morgan fingerprint density at radius 2 is 1.82 bits per heavy atom. The molecule has 0 aliphatic rings. The lowest BCUT2D eigenvalue weighted by Gasteiger charge is -2.24. The van der Waals surface area contributed by atoms with Gasteiger partial charge in [0.05, 0.1) is 6.61 Å². The van der Waals surface area contributed by atoms with Gasteiger partial charge < -0.3 is 9.05 Å². The van der Waals surface area contributed by atoms with Gasteiger partial charge in [-0.15, -0.1) is 0 Å². The predicted octanol–water partition coefficient (Wildman–Crippen LogP) is 3.92. The summed E-state index contributed by atoms with van der Waals surface area (Å²) in [5, 5.41) is 0. The van der Waals surface area contributed by atoms with E-state index in [1.54, 1.807) is 6.92 Å². The molecule has 3 nitrogen and oxygen atoms in total. The van der Waals surface area contributed by atoms with Crippen molar-refractivity contribution >= 4 is 7.60 Å². The minimum Gasteiger partial charge on any atom is -0.308 e. The van der Waals surface area contributed by atoms with E-state index in [1.807, 2.05) is 0 Å². The second-order valence-corrected chi connectivity index (χ2v) is 5.69. The summed E-state index contributed by atoms with van der Waals surface area (Å²) >= 11 is 0. The molecule has 1 unspecified atom stereocenters. The van der Waals surface area contributed by atoms with E-state index in [1.165, 1.54) is 31.2 Å². The highest BCUT2D eigenvalue weighted by molar-refractivity contribution is 7.54. The smallest absolute Gasteiger partial charge is 0.308 e. The van der Waals surface area contributed by atoms with Crippen molar-refractivity contribution in [3.05, 3.63) is 35.4 Å². The van der Waals surface area contributed by atoms with Gasteiger partial charge in [-0.05, 0) is 13.8 Å². The summed E-state index contributed by atoms with van der Waals surface area (Å²) in [5.74, 6) is 0. The molecular weight excluding hydrogens is 249 g/mol. The van der Waals surface area contributed by atoms with Crippen LogP contribution in [0, 0.1) is 6.92 Å². The van der Waals surface area contributed by atoms with Crippen molar-refractivity contribution in [3.63, 3.8) is 0 Å². The molecule has 0 amide bonds. The number of halogens is 2. The minimum absolute atomic E-state index is 0.105. The molecule has 1 rings (SSSR count). The first-order valence-electron chi connectivity index (χ1n) is 5.12. The molecule has 0 radical (unpaired) electrons. The maximum atomic E-state index is 14.0. The molecule has 0 aromatic heterocycles. The second kappa shape index (κ2) is 5.25. The molecule has 96 valence electrons. The van der Waals surface area contributed by atoms with Crippen LogP contribution in [0.15, 0.2) is 24.3 Å². The topological polar surface area (TPSA) is 35.5 Å². The largest absolute Gasteiger partial charge is 0.404 e. The van der Waals surface area contributed by atoms with E-state index >= 15 is 0 Å². The third-order valence-electron chi connectivity index (χ3n) is 2.28. The molecule has 0 heterocycles. The van der Waals surface area contributed by atoms with Gasteiger partial charge in [-0.2, -0.15) is 8.78 Å². The third kappa shape index (κ3) is 2.73. The van der Waals surface area contributed by atoms with Crippen LogP contribution in [0.25, 0.3) is 0 Å². The second-order valence-electron chi connectivity index (χ2n) is 3.51. The van der Waals surface area contributed by atoms with Crippen molar-refractivity contribution in [3.8, 4) is 0 Å². The van der Waals surface area contributed by atoms with Gasteiger partial charge in [0.25, 0.3) is 0 Å². The van der Waals surface area contributed by atoms with Crippen molar-refractivity contribution in [2.75, 3.05) is 13.7 Å². The molecule has 0 aliphatic heterocycles. The summed E-state index contributed by atoms with van der Waals surface area (Å²) in [6, 6.07) is 5.49. The van der Waals surface area contributed by atoms with Gasteiger partial charge >= 0.3 is 13.3 Å². The van der Waals surface area contributed by atoms with Crippen LogP contribution < -0.4 is 0 Å². The maximum Gasteiger partial charge on any atom is 0.404 e. The van der Waals surface area contributed by atoms with Crippen molar-refractivity contribution in [1.82, 2.24) is 0 Å². The summed E-state index contributed by atoms with van der Waals surface area (Å²) in [6.07, 6.45) is 0. The van der Waals surface area contributed by atoms with E-state index in [0.29, 0.717) is 0 Å². The summed E-state index contributed by atoms with van der Waals surface area (Å²) in [4.78, 5) is 0. The Hall–Kier alpha value is -0.770. The minimum atomic E-state index is -4.47. The fraction of sp³-hybridized carbons (Fsp3) is 0.455. The highest BCUT2D eigenvalue weighted by Crippen LogP contribution is 2.66. The molecule has 17 heavy (non-hydrogen) atoms. The fourth-order valence-corrected chi connectivity index (χ4v) is 2.63. The molecule has 0 saturated heterocycles. The standard InChI is InChI=1S/C11H15F2O3P/c1-4-16-17(14,15-3)11(12,13)10-7-5-9(2)6-8-10/h5-8H,4H2,1-3H3. The summed E-state index contributed by atoms with van der Waals surface area (Å²) in [7, 11) is -3.52. The Kier molecular flexibility index (Phi) is 4.42. The van der Waals surface area contributed by atoms with E-state index in [9.17, 15) is 13.3 Å². The van der Waals surface area contributed by atoms with Crippen LogP contribution in [0.5, 0.6) is 0 Å². The molecule has 1 atom stereocenters. The average Bonchev–Trinajstić information content (AvgIpc) is 2.29. The normalized spacial score (nSPS) is 15.6. The van der Waals surface area contributed by atoms with Crippen LogP contribution >= 0.6 is 7.60 Å². The van der Waals surface area contributed by atoms with Crippen molar-refractivity contribution in [2.45, 2.75) is 19.5 Å². The molecule has 0 saturated carbocycles. The first-order chi connectivity index (χ1) is 7.87. The first kappa shape index (κ1) is 14.3. The van der Waals surface area contributed by atoms with Crippen LogP contribution in [-0.2, 0) is 19.3 Å². The van der Waals surface area contributed by atoms with Gasteiger partial charge in [-0.1, -0.05) is 29.8 Å². The lowest BCUT2D eigenvalue weighted by atomic mass is 10.2. The zero-order valence-electron chi connectivity index (χ0n) is 9.94. The van der Waals surface area contributed by atoms with Crippen LogP contribution in [0.4, 0.5) is 8.78 Å².